The summed E-state index contributed by atoms with van der Waals surface area (Å²) in [4.78, 5) is 14.2. The molecule has 0 spiro atoms. The van der Waals surface area contributed by atoms with E-state index in [1.807, 2.05) is 6.07 Å². The summed E-state index contributed by atoms with van der Waals surface area (Å²) < 4.78 is 5.10. The summed E-state index contributed by atoms with van der Waals surface area (Å²) in [6.45, 7) is 6.90. The van der Waals surface area contributed by atoms with E-state index in [9.17, 15) is 9.90 Å². The van der Waals surface area contributed by atoms with Crippen molar-refractivity contribution in [2.24, 2.45) is 11.3 Å². The van der Waals surface area contributed by atoms with Crippen LogP contribution in [-0.2, 0) is 12.8 Å². The smallest absolute Gasteiger partial charge is 0.256 e. The Morgan fingerprint density at radius 3 is 2.70 bits per heavy atom. The van der Waals surface area contributed by atoms with E-state index in [1.165, 1.54) is 17.6 Å². The highest BCUT2D eigenvalue weighted by molar-refractivity contribution is 7.16. The van der Waals surface area contributed by atoms with E-state index in [4.69, 9.17) is 4.74 Å². The minimum Gasteiger partial charge on any atom is -0.504 e. The van der Waals surface area contributed by atoms with Crippen LogP contribution >= 0.6 is 11.3 Å². The summed E-state index contributed by atoms with van der Waals surface area (Å²) in [6.07, 6.45) is 2.77. The normalized spacial score (nSPS) is 21.7. The lowest BCUT2D eigenvalue weighted by atomic mass is 9.72. The first-order valence-electron chi connectivity index (χ1n) is 9.36. The van der Waals surface area contributed by atoms with Crippen molar-refractivity contribution in [3.63, 3.8) is 0 Å². The molecule has 0 bridgehead atoms. The predicted octanol–water partition coefficient (Wildman–Crippen LogP) is 4.47. The molecular weight excluding hydrogens is 360 g/mol. The largest absolute Gasteiger partial charge is 0.504 e. The van der Waals surface area contributed by atoms with Crippen LogP contribution in [0.4, 0.5) is 5.00 Å². The number of fused-ring (bicyclic) bond motifs is 3. The maximum absolute atomic E-state index is 12.9. The van der Waals surface area contributed by atoms with Crippen LogP contribution in [-0.4, -0.2) is 18.1 Å². The number of aromatic hydroxyl groups is 1. The molecule has 0 fully saturated rings. The van der Waals surface area contributed by atoms with Crippen LogP contribution in [0.1, 0.15) is 59.7 Å². The summed E-state index contributed by atoms with van der Waals surface area (Å²) >= 11 is 1.71. The van der Waals surface area contributed by atoms with Gasteiger partial charge >= 0.3 is 0 Å². The number of amides is 1. The van der Waals surface area contributed by atoms with Crippen molar-refractivity contribution in [2.75, 3.05) is 12.4 Å². The Bertz CT molecular complexity index is 898. The molecule has 144 valence electrons. The minimum absolute atomic E-state index is 0.0317. The van der Waals surface area contributed by atoms with E-state index in [2.05, 4.69) is 31.4 Å². The number of hydrogen-bond donors (Lipinski definition) is 3. The molecule has 4 rings (SSSR count). The number of thiophene rings is 1. The van der Waals surface area contributed by atoms with Gasteiger partial charge in [0.05, 0.1) is 12.7 Å². The summed E-state index contributed by atoms with van der Waals surface area (Å²) in [5.41, 5.74) is 3.11. The van der Waals surface area contributed by atoms with Gasteiger partial charge in [0.1, 0.15) is 11.2 Å². The van der Waals surface area contributed by atoms with Crippen LogP contribution in [0.15, 0.2) is 18.2 Å². The number of benzene rings is 1. The molecule has 2 aromatic rings. The number of hydrogen-bond acceptors (Lipinski definition) is 5. The van der Waals surface area contributed by atoms with Crippen molar-refractivity contribution < 1.29 is 14.6 Å². The van der Waals surface area contributed by atoms with Crippen molar-refractivity contribution in [2.45, 2.75) is 46.2 Å². The Morgan fingerprint density at radius 1 is 1.26 bits per heavy atom. The number of carbonyl (C=O) groups excluding carboxylic acids is 1. The fourth-order valence-corrected chi connectivity index (χ4v) is 5.44. The number of phenols is 1. The van der Waals surface area contributed by atoms with Crippen LogP contribution in [0.25, 0.3) is 0 Å². The quantitative estimate of drug-likeness (QED) is 0.712. The molecule has 1 amide bonds. The third kappa shape index (κ3) is 3.16. The van der Waals surface area contributed by atoms with Gasteiger partial charge in [-0.25, -0.2) is 0 Å². The maximum Gasteiger partial charge on any atom is 0.256 e. The molecule has 6 heteroatoms. The Kier molecular flexibility index (Phi) is 4.34. The van der Waals surface area contributed by atoms with Gasteiger partial charge in [0.2, 0.25) is 0 Å². The van der Waals surface area contributed by atoms with Crippen LogP contribution in [0.3, 0.4) is 0 Å². The van der Waals surface area contributed by atoms with Crippen LogP contribution < -0.4 is 15.4 Å². The number of nitrogens with one attached hydrogen (secondary N) is 2. The van der Waals surface area contributed by atoms with Crippen molar-refractivity contribution in [1.29, 1.82) is 0 Å². The van der Waals surface area contributed by atoms with Gasteiger partial charge in [-0.2, -0.15) is 0 Å². The molecule has 1 aliphatic carbocycles. The lowest BCUT2D eigenvalue weighted by molar-refractivity contribution is 0.0934. The number of ether oxygens (including phenoxy) is 1. The first kappa shape index (κ1) is 18.2. The molecule has 1 aromatic heterocycles. The molecular formula is C21H26N2O3S. The number of carbonyl (C=O) groups is 1. The van der Waals surface area contributed by atoms with E-state index in [0.717, 1.165) is 35.4 Å². The highest BCUT2D eigenvalue weighted by atomic mass is 32.1. The average Bonchev–Trinajstić information content (AvgIpc) is 2.98. The summed E-state index contributed by atoms with van der Waals surface area (Å²) in [7, 11) is 1.52. The van der Waals surface area contributed by atoms with E-state index in [1.54, 1.807) is 23.5 Å². The van der Waals surface area contributed by atoms with Gasteiger partial charge in [0.15, 0.2) is 11.5 Å². The fourth-order valence-electron chi connectivity index (χ4n) is 4.09. The number of phenolic OH excluding ortho intramolecular Hbond substituents is 1. The lowest BCUT2D eigenvalue weighted by Gasteiger charge is -2.34. The molecule has 5 nitrogen and oxygen atoms in total. The van der Waals surface area contributed by atoms with Gasteiger partial charge in [-0.15, -0.1) is 11.3 Å². The molecule has 3 N–H and O–H groups in total. The Morgan fingerprint density at radius 2 is 2.04 bits per heavy atom. The zero-order valence-corrected chi connectivity index (χ0v) is 17.0. The van der Waals surface area contributed by atoms with Crippen molar-refractivity contribution in [3.05, 3.63) is 39.8 Å². The van der Waals surface area contributed by atoms with Crippen molar-refractivity contribution >= 4 is 22.2 Å². The molecule has 0 saturated heterocycles. The molecule has 2 aliphatic rings. The second kappa shape index (κ2) is 6.44. The third-order valence-corrected chi connectivity index (χ3v) is 6.99. The first-order chi connectivity index (χ1) is 12.8. The number of anilines is 1. The van der Waals surface area contributed by atoms with E-state index in [-0.39, 0.29) is 23.2 Å². The highest BCUT2D eigenvalue weighted by Crippen LogP contribution is 2.46. The van der Waals surface area contributed by atoms with Gasteiger partial charge in [-0.05, 0) is 53.9 Å². The van der Waals surface area contributed by atoms with Gasteiger partial charge in [-0.3, -0.25) is 4.79 Å². The Hall–Kier alpha value is -2.21. The SMILES string of the molecule is COc1ccc([C@@H]2NC(=O)c3c(sc4c3CC[C@H](C(C)(C)C)C4)N2)cc1O. The molecule has 0 unspecified atom stereocenters. The predicted molar refractivity (Wildman–Crippen MR) is 108 cm³/mol. The minimum atomic E-state index is -0.361. The van der Waals surface area contributed by atoms with Crippen LogP contribution in [0.5, 0.6) is 11.5 Å². The van der Waals surface area contributed by atoms with Gasteiger partial charge in [-0.1, -0.05) is 26.8 Å². The maximum atomic E-state index is 12.9. The summed E-state index contributed by atoms with van der Waals surface area (Å²) in [5, 5.41) is 17.5. The lowest BCUT2D eigenvalue weighted by Crippen LogP contribution is -2.38. The van der Waals surface area contributed by atoms with Gasteiger partial charge in [0, 0.05) is 4.88 Å². The molecule has 0 radical (unpaired) electrons. The zero-order chi connectivity index (χ0) is 19.3. The van der Waals surface area contributed by atoms with Crippen molar-refractivity contribution in [3.8, 4) is 11.5 Å². The summed E-state index contributed by atoms with van der Waals surface area (Å²) in [6, 6.07) is 5.19. The van der Waals surface area contributed by atoms with Gasteiger partial charge < -0.3 is 20.5 Å². The molecule has 27 heavy (non-hydrogen) atoms. The molecule has 2 heterocycles. The number of methoxy groups -OCH3 is 1. The second-order valence-electron chi connectivity index (χ2n) is 8.50. The fraction of sp³-hybridized carbons (Fsp3) is 0.476. The van der Waals surface area contributed by atoms with E-state index < -0.39 is 0 Å². The Labute approximate surface area is 163 Å². The van der Waals surface area contributed by atoms with Gasteiger partial charge in [0.25, 0.3) is 5.91 Å². The molecule has 1 aliphatic heterocycles. The standard InChI is InChI=1S/C21H26N2O3S/c1-21(2,3)12-6-7-13-16(10-12)27-20-17(13)19(25)22-18(23-20)11-5-8-15(26-4)14(24)9-11/h5,8-9,12,18,23-24H,6-7,10H2,1-4H3,(H,22,25)/t12-,18+/m0/s1. The Balaban J connectivity index is 1.63. The van der Waals surface area contributed by atoms with Crippen LogP contribution in [0.2, 0.25) is 0 Å². The third-order valence-electron chi connectivity index (χ3n) is 5.80. The van der Waals surface area contributed by atoms with Crippen LogP contribution in [0, 0.1) is 11.3 Å². The molecule has 1 aromatic carbocycles. The van der Waals surface area contributed by atoms with Crippen molar-refractivity contribution in [1.82, 2.24) is 5.32 Å². The second-order valence-corrected chi connectivity index (χ2v) is 9.60. The zero-order valence-electron chi connectivity index (χ0n) is 16.2. The monoisotopic (exact) mass is 386 g/mol. The average molecular weight is 387 g/mol. The van der Waals surface area contributed by atoms with E-state index in [0.29, 0.717) is 11.7 Å². The number of rotatable bonds is 2. The highest BCUT2D eigenvalue weighted by Gasteiger charge is 2.36. The first-order valence-corrected chi connectivity index (χ1v) is 10.2. The van der Waals surface area contributed by atoms with E-state index >= 15 is 0 Å². The molecule has 0 saturated carbocycles. The summed E-state index contributed by atoms with van der Waals surface area (Å²) in [5.74, 6) is 1.09. The molecule has 2 atom stereocenters. The topological polar surface area (TPSA) is 70.6 Å².